The Labute approximate surface area is 97.4 Å². The molecule has 2 heteroatoms. The minimum atomic E-state index is 0.226. The van der Waals surface area contributed by atoms with Gasteiger partial charge in [0.1, 0.15) is 12.6 Å². The molecule has 0 N–H and O–H groups in total. The Hall–Kier alpha value is -1.18. The molecule has 2 aliphatic rings. The van der Waals surface area contributed by atoms with Crippen molar-refractivity contribution in [2.45, 2.75) is 38.5 Å². The average molecular weight is 220 g/mol. The van der Waals surface area contributed by atoms with Crippen LogP contribution < -0.4 is 0 Å². The van der Waals surface area contributed by atoms with Gasteiger partial charge in [-0.2, -0.15) is 0 Å². The maximum Gasteiger partial charge on any atom is 0.126 e. The Kier molecular flexibility index (Phi) is 6.47. The van der Waals surface area contributed by atoms with Gasteiger partial charge in [0, 0.05) is 11.8 Å². The molecule has 0 saturated heterocycles. The van der Waals surface area contributed by atoms with Crippen LogP contribution in [0.5, 0.6) is 0 Å². The lowest BCUT2D eigenvalue weighted by Gasteiger charge is -2.08. The normalized spacial score (nSPS) is 27.8. The third-order valence-corrected chi connectivity index (χ3v) is 2.97. The molecule has 0 aromatic carbocycles. The van der Waals surface area contributed by atoms with E-state index in [1.807, 2.05) is 6.08 Å². The van der Waals surface area contributed by atoms with Crippen molar-refractivity contribution in [3.63, 3.8) is 0 Å². The van der Waals surface area contributed by atoms with Crippen LogP contribution in [-0.2, 0) is 9.59 Å². The molecule has 0 saturated carbocycles. The van der Waals surface area contributed by atoms with Crippen LogP contribution in [0, 0.1) is 11.8 Å². The lowest BCUT2D eigenvalue weighted by Crippen LogP contribution is -2.02. The lowest BCUT2D eigenvalue weighted by molar-refractivity contribution is -0.111. The first-order valence-electron chi connectivity index (χ1n) is 6.09. The van der Waals surface area contributed by atoms with Crippen molar-refractivity contribution < 1.29 is 9.59 Å². The highest BCUT2D eigenvalue weighted by Gasteiger charge is 2.06. The molecule has 0 aromatic heterocycles. The molecule has 2 aliphatic carbocycles. The zero-order chi connectivity index (χ0) is 11.6. The summed E-state index contributed by atoms with van der Waals surface area (Å²) in [4.78, 5) is 20.2. The molecule has 0 aliphatic heterocycles. The molecule has 0 bridgehead atoms. The highest BCUT2D eigenvalue weighted by molar-refractivity contribution is 5.56. The maximum absolute atomic E-state index is 10.1. The highest BCUT2D eigenvalue weighted by atomic mass is 16.1. The van der Waals surface area contributed by atoms with Gasteiger partial charge in [-0.05, 0) is 38.5 Å². The number of hydrogen-bond donors (Lipinski definition) is 0. The van der Waals surface area contributed by atoms with Crippen LogP contribution >= 0.6 is 0 Å². The summed E-state index contributed by atoms with van der Waals surface area (Å²) in [5, 5.41) is 0. The maximum atomic E-state index is 10.1. The number of aldehydes is 2. The minimum Gasteiger partial charge on any atom is -0.303 e. The number of allylic oxidation sites excluding steroid dienone is 4. The van der Waals surface area contributed by atoms with Gasteiger partial charge in [0.05, 0.1) is 0 Å². The van der Waals surface area contributed by atoms with E-state index in [9.17, 15) is 9.59 Å². The number of carbonyl (C=O) groups is 2. The van der Waals surface area contributed by atoms with Crippen molar-refractivity contribution in [1.82, 2.24) is 0 Å². The van der Waals surface area contributed by atoms with Gasteiger partial charge in [-0.1, -0.05) is 24.3 Å². The van der Waals surface area contributed by atoms with E-state index in [2.05, 4.69) is 18.2 Å². The van der Waals surface area contributed by atoms with Crippen LogP contribution in [-0.4, -0.2) is 12.6 Å². The van der Waals surface area contributed by atoms with E-state index in [4.69, 9.17) is 0 Å². The van der Waals surface area contributed by atoms with Crippen LogP contribution in [0.15, 0.2) is 24.3 Å². The Morgan fingerprint density at radius 1 is 0.938 bits per heavy atom. The first-order valence-corrected chi connectivity index (χ1v) is 6.09. The molecule has 2 nitrogen and oxygen atoms in total. The Morgan fingerprint density at radius 2 is 1.81 bits per heavy atom. The van der Waals surface area contributed by atoms with Crippen molar-refractivity contribution in [3.8, 4) is 0 Å². The second-order valence-corrected chi connectivity index (χ2v) is 4.34. The van der Waals surface area contributed by atoms with E-state index in [1.54, 1.807) is 0 Å². The van der Waals surface area contributed by atoms with Crippen LogP contribution in [0.25, 0.3) is 0 Å². The van der Waals surface area contributed by atoms with E-state index in [-0.39, 0.29) is 5.92 Å². The van der Waals surface area contributed by atoms with Crippen LogP contribution in [0.1, 0.15) is 38.5 Å². The number of carbonyl (C=O) groups excluding carboxylic acids is 2. The van der Waals surface area contributed by atoms with Gasteiger partial charge in [0.25, 0.3) is 0 Å². The predicted molar refractivity (Wildman–Crippen MR) is 65.1 cm³/mol. The lowest BCUT2D eigenvalue weighted by atomic mass is 9.96. The Morgan fingerprint density at radius 3 is 2.19 bits per heavy atom. The molecule has 0 aromatic rings. The first-order chi connectivity index (χ1) is 7.86. The van der Waals surface area contributed by atoms with E-state index in [1.165, 1.54) is 6.42 Å². The van der Waals surface area contributed by atoms with Crippen LogP contribution in [0.2, 0.25) is 0 Å². The summed E-state index contributed by atoms with van der Waals surface area (Å²) in [7, 11) is 0. The Balaban J connectivity index is 0.000000160. The molecule has 2 rings (SSSR count). The number of hydrogen-bond acceptors (Lipinski definition) is 2. The SMILES string of the molecule is O=CC1C=CCCC1.O=CC1CC=CCC1. The molecule has 88 valence electrons. The summed E-state index contributed by atoms with van der Waals surface area (Å²) in [6, 6.07) is 0. The van der Waals surface area contributed by atoms with Crippen LogP contribution in [0.4, 0.5) is 0 Å². The fourth-order valence-electron chi connectivity index (χ4n) is 1.89. The van der Waals surface area contributed by atoms with Gasteiger partial charge in [0.15, 0.2) is 0 Å². The largest absolute Gasteiger partial charge is 0.303 e. The summed E-state index contributed by atoms with van der Waals surface area (Å²) >= 11 is 0. The molecule has 0 heterocycles. The molecular weight excluding hydrogens is 200 g/mol. The van der Waals surface area contributed by atoms with E-state index in [0.717, 1.165) is 44.7 Å². The van der Waals surface area contributed by atoms with E-state index in [0.29, 0.717) is 5.92 Å². The topological polar surface area (TPSA) is 34.1 Å². The molecule has 0 radical (unpaired) electrons. The fourth-order valence-corrected chi connectivity index (χ4v) is 1.89. The molecule has 2 unspecified atom stereocenters. The summed E-state index contributed by atoms with van der Waals surface area (Å²) in [5.41, 5.74) is 0. The molecule has 0 fully saturated rings. The second kappa shape index (κ2) is 8.03. The van der Waals surface area contributed by atoms with Gasteiger partial charge < -0.3 is 9.59 Å². The zero-order valence-corrected chi connectivity index (χ0v) is 9.68. The summed E-state index contributed by atoms with van der Waals surface area (Å²) in [6.45, 7) is 0. The number of rotatable bonds is 2. The van der Waals surface area contributed by atoms with Gasteiger partial charge in [-0.3, -0.25) is 0 Å². The van der Waals surface area contributed by atoms with Crippen molar-refractivity contribution in [2.24, 2.45) is 11.8 Å². The summed E-state index contributed by atoms with van der Waals surface area (Å²) in [5.74, 6) is 0.545. The third kappa shape index (κ3) is 5.06. The molecule has 16 heavy (non-hydrogen) atoms. The zero-order valence-electron chi connectivity index (χ0n) is 9.68. The molecule has 2 atom stereocenters. The van der Waals surface area contributed by atoms with Gasteiger partial charge in [0.2, 0.25) is 0 Å². The van der Waals surface area contributed by atoms with Crippen molar-refractivity contribution in [3.05, 3.63) is 24.3 Å². The average Bonchev–Trinajstić information content (AvgIpc) is 2.41. The van der Waals surface area contributed by atoms with Gasteiger partial charge >= 0.3 is 0 Å². The van der Waals surface area contributed by atoms with Crippen LogP contribution in [0.3, 0.4) is 0 Å². The summed E-state index contributed by atoms with van der Waals surface area (Å²) in [6.07, 6.45) is 16.9. The van der Waals surface area contributed by atoms with Gasteiger partial charge in [-0.25, -0.2) is 0 Å². The van der Waals surface area contributed by atoms with E-state index < -0.39 is 0 Å². The highest BCUT2D eigenvalue weighted by Crippen LogP contribution is 2.15. The van der Waals surface area contributed by atoms with Crippen molar-refractivity contribution >= 4 is 12.6 Å². The minimum absolute atomic E-state index is 0.226. The van der Waals surface area contributed by atoms with Crippen molar-refractivity contribution in [2.75, 3.05) is 0 Å². The predicted octanol–water partition coefficient (Wildman–Crippen LogP) is 3.08. The molecular formula is C14H20O2. The first kappa shape index (κ1) is 12.9. The quantitative estimate of drug-likeness (QED) is 0.529. The standard InChI is InChI=1S/2C7H10O/c2*8-6-7-4-2-1-3-5-7/h2,4,6-7H,1,3,5H2;1-2,6-7H,3-5H2. The van der Waals surface area contributed by atoms with E-state index >= 15 is 0 Å². The summed E-state index contributed by atoms with van der Waals surface area (Å²) < 4.78 is 0. The third-order valence-electron chi connectivity index (χ3n) is 2.97. The monoisotopic (exact) mass is 220 g/mol. The smallest absolute Gasteiger partial charge is 0.126 e. The fraction of sp³-hybridized carbons (Fsp3) is 0.571. The molecule has 0 spiro atoms. The van der Waals surface area contributed by atoms with Gasteiger partial charge in [-0.15, -0.1) is 0 Å². The second-order valence-electron chi connectivity index (χ2n) is 4.34. The molecule has 0 amide bonds. The van der Waals surface area contributed by atoms with Crippen molar-refractivity contribution in [1.29, 1.82) is 0 Å². The Bertz CT molecular complexity index is 266.